The van der Waals surface area contributed by atoms with E-state index >= 15 is 0 Å². The summed E-state index contributed by atoms with van der Waals surface area (Å²) in [7, 11) is 4.30. The van der Waals surface area contributed by atoms with E-state index in [-0.39, 0.29) is 12.4 Å². The molecule has 1 heterocycles. The number of hydrogen-bond acceptors (Lipinski definition) is 7. The molecule has 0 saturated heterocycles. The highest BCUT2D eigenvalue weighted by atomic mass is 16.6. The van der Waals surface area contributed by atoms with Crippen LogP contribution >= 0.6 is 0 Å². The largest absolute Gasteiger partial charge is 0.493 e. The Morgan fingerprint density at radius 2 is 2.00 bits per heavy atom. The van der Waals surface area contributed by atoms with Crippen LogP contribution in [0.15, 0.2) is 39.9 Å². The molecule has 23 heavy (non-hydrogen) atoms. The van der Waals surface area contributed by atoms with Crippen molar-refractivity contribution in [3.05, 3.63) is 47.4 Å². The third-order valence-electron chi connectivity index (χ3n) is 2.91. The van der Waals surface area contributed by atoms with Crippen LogP contribution in [0, 0.1) is 0 Å². The average Bonchev–Trinajstić information content (AvgIpc) is 3.06. The second kappa shape index (κ2) is 7.88. The van der Waals surface area contributed by atoms with Gasteiger partial charge < -0.3 is 23.5 Å². The number of carbonyl (C=O) groups excluding carboxylic acids is 1. The van der Waals surface area contributed by atoms with Crippen LogP contribution in [0.2, 0.25) is 0 Å². The summed E-state index contributed by atoms with van der Waals surface area (Å²) in [5, 5.41) is 3.69. The van der Waals surface area contributed by atoms with Crippen LogP contribution in [0.5, 0.6) is 11.5 Å². The monoisotopic (exact) mass is 319 g/mol. The van der Waals surface area contributed by atoms with Crippen molar-refractivity contribution in [1.82, 2.24) is 0 Å². The van der Waals surface area contributed by atoms with Crippen molar-refractivity contribution in [1.29, 1.82) is 0 Å². The number of esters is 1. The van der Waals surface area contributed by atoms with E-state index in [1.807, 2.05) is 6.07 Å². The van der Waals surface area contributed by atoms with Gasteiger partial charge in [-0.1, -0.05) is 5.16 Å². The van der Waals surface area contributed by atoms with Gasteiger partial charge in [0.05, 0.1) is 20.4 Å². The summed E-state index contributed by atoms with van der Waals surface area (Å²) in [5.74, 6) is 1.18. The molecule has 0 radical (unpaired) electrons. The van der Waals surface area contributed by atoms with Crippen LogP contribution in [-0.4, -0.2) is 33.5 Å². The van der Waals surface area contributed by atoms with Gasteiger partial charge in [-0.2, -0.15) is 0 Å². The fraction of sp³-hybridized carbons (Fsp3) is 0.250. The molecule has 0 atom stereocenters. The minimum absolute atomic E-state index is 0.129. The Kier molecular flexibility index (Phi) is 5.62. The first-order valence-electron chi connectivity index (χ1n) is 6.72. The number of oxime groups is 1. The second-order valence-electron chi connectivity index (χ2n) is 4.37. The molecule has 2 aromatic rings. The Morgan fingerprint density at radius 1 is 1.17 bits per heavy atom. The van der Waals surface area contributed by atoms with Crippen LogP contribution in [0.4, 0.5) is 0 Å². The molecule has 1 aromatic carbocycles. The lowest BCUT2D eigenvalue weighted by atomic mass is 10.2. The Labute approximate surface area is 133 Å². The molecule has 122 valence electrons. The predicted molar refractivity (Wildman–Crippen MR) is 82.0 cm³/mol. The topological polar surface area (TPSA) is 79.5 Å². The molecule has 0 aliphatic rings. The molecule has 0 N–H and O–H groups in total. The zero-order valence-corrected chi connectivity index (χ0v) is 13.1. The van der Waals surface area contributed by atoms with Crippen molar-refractivity contribution >= 4 is 12.2 Å². The van der Waals surface area contributed by atoms with E-state index in [1.165, 1.54) is 20.3 Å². The summed E-state index contributed by atoms with van der Waals surface area (Å²) in [6, 6.07) is 8.51. The number of benzene rings is 1. The van der Waals surface area contributed by atoms with Crippen molar-refractivity contribution in [2.75, 3.05) is 21.3 Å². The molecule has 0 spiro atoms. The van der Waals surface area contributed by atoms with Crippen LogP contribution in [0.25, 0.3) is 0 Å². The summed E-state index contributed by atoms with van der Waals surface area (Å²) in [4.78, 5) is 16.0. The number of hydrogen-bond donors (Lipinski definition) is 0. The maximum absolute atomic E-state index is 11.3. The standard InChI is InChI=1S/C16H17NO6/c1-19-15-8-11(9-17-21-3)4-6-13(15)22-10-12-5-7-14(23-12)16(18)20-2/h4-9H,10H2,1-3H3/b17-9+. The minimum Gasteiger partial charge on any atom is -0.493 e. The smallest absolute Gasteiger partial charge is 0.373 e. The van der Waals surface area contributed by atoms with E-state index in [1.54, 1.807) is 31.5 Å². The van der Waals surface area contributed by atoms with Crippen molar-refractivity contribution in [3.63, 3.8) is 0 Å². The summed E-state index contributed by atoms with van der Waals surface area (Å²) >= 11 is 0. The first-order chi connectivity index (χ1) is 11.2. The van der Waals surface area contributed by atoms with Crippen LogP contribution < -0.4 is 9.47 Å². The SMILES string of the molecule is CO/N=C/c1ccc(OCc2ccc(C(=O)OC)o2)c(OC)c1. The number of furan rings is 1. The molecule has 0 fully saturated rings. The molecule has 0 amide bonds. The summed E-state index contributed by atoms with van der Waals surface area (Å²) in [6.07, 6.45) is 1.56. The maximum atomic E-state index is 11.3. The molecule has 1 aromatic heterocycles. The maximum Gasteiger partial charge on any atom is 0.373 e. The van der Waals surface area contributed by atoms with Gasteiger partial charge in [-0.15, -0.1) is 0 Å². The van der Waals surface area contributed by atoms with Crippen LogP contribution in [-0.2, 0) is 16.2 Å². The third-order valence-corrected chi connectivity index (χ3v) is 2.91. The lowest BCUT2D eigenvalue weighted by Crippen LogP contribution is -1.99. The number of carbonyl (C=O) groups is 1. The highest BCUT2D eigenvalue weighted by molar-refractivity contribution is 5.86. The Hall–Kier alpha value is -2.96. The summed E-state index contributed by atoms with van der Waals surface area (Å²) < 4.78 is 20.8. The van der Waals surface area contributed by atoms with Gasteiger partial charge in [-0.25, -0.2) is 4.79 Å². The number of methoxy groups -OCH3 is 2. The molecule has 0 unspecified atom stereocenters. The van der Waals surface area contributed by atoms with Gasteiger partial charge in [0.2, 0.25) is 5.76 Å². The average molecular weight is 319 g/mol. The fourth-order valence-corrected chi connectivity index (χ4v) is 1.81. The molecule has 0 saturated carbocycles. The molecule has 0 bridgehead atoms. The minimum atomic E-state index is -0.532. The van der Waals surface area contributed by atoms with Gasteiger partial charge in [-0.3, -0.25) is 0 Å². The van der Waals surface area contributed by atoms with E-state index < -0.39 is 5.97 Å². The highest BCUT2D eigenvalue weighted by Crippen LogP contribution is 2.28. The first kappa shape index (κ1) is 16.4. The van der Waals surface area contributed by atoms with E-state index in [9.17, 15) is 4.79 Å². The van der Waals surface area contributed by atoms with E-state index in [4.69, 9.17) is 13.9 Å². The van der Waals surface area contributed by atoms with Crippen molar-refractivity contribution in [2.45, 2.75) is 6.61 Å². The Balaban J connectivity index is 2.06. The fourth-order valence-electron chi connectivity index (χ4n) is 1.81. The van der Waals surface area contributed by atoms with E-state index in [0.717, 1.165) is 5.56 Å². The third kappa shape index (κ3) is 4.26. The molecular weight excluding hydrogens is 302 g/mol. The highest BCUT2D eigenvalue weighted by Gasteiger charge is 2.12. The quantitative estimate of drug-likeness (QED) is 0.443. The summed E-state index contributed by atoms with van der Waals surface area (Å²) in [6.45, 7) is 0.152. The lowest BCUT2D eigenvalue weighted by molar-refractivity contribution is 0.0561. The zero-order valence-electron chi connectivity index (χ0n) is 13.1. The second-order valence-corrected chi connectivity index (χ2v) is 4.37. The van der Waals surface area contributed by atoms with Gasteiger partial charge in [0, 0.05) is 5.56 Å². The Bertz CT molecular complexity index is 692. The molecule has 2 rings (SSSR count). The molecule has 0 aliphatic carbocycles. The van der Waals surface area contributed by atoms with Crippen LogP contribution in [0.1, 0.15) is 21.9 Å². The number of nitrogens with zero attached hydrogens (tertiary/aromatic N) is 1. The summed E-state index contributed by atoms with van der Waals surface area (Å²) in [5.41, 5.74) is 0.807. The van der Waals surface area contributed by atoms with Crippen molar-refractivity contribution < 1.29 is 28.3 Å². The predicted octanol–water partition coefficient (Wildman–Crippen LogP) is 2.63. The normalized spacial score (nSPS) is 10.6. The number of ether oxygens (including phenoxy) is 3. The lowest BCUT2D eigenvalue weighted by Gasteiger charge is -2.10. The van der Waals surface area contributed by atoms with Crippen molar-refractivity contribution in [3.8, 4) is 11.5 Å². The van der Waals surface area contributed by atoms with Gasteiger partial charge >= 0.3 is 5.97 Å². The number of rotatable bonds is 7. The van der Waals surface area contributed by atoms with Crippen LogP contribution in [0.3, 0.4) is 0 Å². The van der Waals surface area contributed by atoms with Crippen molar-refractivity contribution in [2.24, 2.45) is 5.16 Å². The molecular formula is C16H17NO6. The van der Waals surface area contributed by atoms with Gasteiger partial charge in [-0.05, 0) is 30.3 Å². The Morgan fingerprint density at radius 3 is 2.70 bits per heavy atom. The van der Waals surface area contributed by atoms with Gasteiger partial charge in [0.1, 0.15) is 19.5 Å². The van der Waals surface area contributed by atoms with E-state index in [2.05, 4.69) is 14.7 Å². The van der Waals surface area contributed by atoms with Gasteiger partial charge in [0.25, 0.3) is 0 Å². The first-order valence-corrected chi connectivity index (χ1v) is 6.72. The van der Waals surface area contributed by atoms with Gasteiger partial charge in [0.15, 0.2) is 11.5 Å². The molecule has 7 heteroatoms. The van der Waals surface area contributed by atoms with E-state index in [0.29, 0.717) is 17.3 Å². The zero-order chi connectivity index (χ0) is 16.7. The molecule has 0 aliphatic heterocycles. The molecule has 7 nitrogen and oxygen atoms in total.